The Kier molecular flexibility index (Phi) is 3.47. The van der Waals surface area contributed by atoms with Gasteiger partial charge in [-0.15, -0.1) is 0 Å². The van der Waals surface area contributed by atoms with E-state index in [-0.39, 0.29) is 11.8 Å². The van der Waals surface area contributed by atoms with Gasteiger partial charge in [0.25, 0.3) is 0 Å². The van der Waals surface area contributed by atoms with Gasteiger partial charge in [0, 0.05) is 12.3 Å². The number of nitrogens with one attached hydrogen (secondary N) is 1. The third kappa shape index (κ3) is 2.85. The summed E-state index contributed by atoms with van der Waals surface area (Å²) in [7, 11) is -3.10. The average molecular weight is 295 g/mol. The van der Waals surface area contributed by atoms with E-state index in [0.717, 1.165) is 11.0 Å². The van der Waals surface area contributed by atoms with E-state index in [1.165, 1.54) is 6.26 Å². The fourth-order valence-corrected chi connectivity index (χ4v) is 3.55. The lowest BCUT2D eigenvalue weighted by Gasteiger charge is -2.13. The molecular weight excluding hydrogens is 282 g/mol. The molecule has 0 saturated heterocycles. The third-order valence-electron chi connectivity index (χ3n) is 2.83. The average Bonchev–Trinajstić information content (AvgIpc) is 2.61. The van der Waals surface area contributed by atoms with Crippen molar-refractivity contribution in [2.75, 3.05) is 12.0 Å². The molecule has 0 aliphatic rings. The van der Waals surface area contributed by atoms with Crippen molar-refractivity contribution in [1.82, 2.24) is 9.55 Å². The van der Waals surface area contributed by atoms with Gasteiger partial charge in [-0.1, -0.05) is 0 Å². The minimum Gasteiger partial charge on any atom is -0.331 e. The van der Waals surface area contributed by atoms with Gasteiger partial charge in [0.15, 0.2) is 4.77 Å². The molecule has 19 heavy (non-hydrogen) atoms. The van der Waals surface area contributed by atoms with Crippen molar-refractivity contribution in [3.63, 3.8) is 0 Å². The summed E-state index contributed by atoms with van der Waals surface area (Å²) in [5, 5.41) is 8.93. The molecule has 0 spiro atoms. The molecule has 100 valence electrons. The lowest BCUT2D eigenvalue weighted by atomic mass is 10.2. The molecule has 0 amide bonds. The predicted molar refractivity (Wildman–Crippen MR) is 76.3 cm³/mol. The summed E-state index contributed by atoms with van der Waals surface area (Å²) in [5.74, 6) is 0.00500. The molecule has 5 nitrogen and oxygen atoms in total. The van der Waals surface area contributed by atoms with Gasteiger partial charge in [-0.2, -0.15) is 5.26 Å². The molecule has 1 atom stereocenters. The molecule has 7 heteroatoms. The van der Waals surface area contributed by atoms with Gasteiger partial charge in [0.1, 0.15) is 9.84 Å². The number of rotatable bonds is 3. The van der Waals surface area contributed by atoms with E-state index >= 15 is 0 Å². The molecular formula is C12H13N3O2S2. The number of fused-ring (bicyclic) bond motifs is 1. The van der Waals surface area contributed by atoms with Crippen molar-refractivity contribution in [3.05, 3.63) is 28.5 Å². The normalized spacial score (nSPS) is 13.3. The zero-order valence-electron chi connectivity index (χ0n) is 10.5. The minimum absolute atomic E-state index is 0.00500. The number of H-pyrrole nitrogens is 1. The molecule has 0 bridgehead atoms. The number of nitrogens with zero attached hydrogens (tertiary/aromatic N) is 2. The van der Waals surface area contributed by atoms with Gasteiger partial charge in [0.05, 0.1) is 28.4 Å². The Labute approximate surface area is 116 Å². The van der Waals surface area contributed by atoms with Crippen LogP contribution in [0.25, 0.3) is 11.0 Å². The van der Waals surface area contributed by atoms with Crippen LogP contribution in [0.5, 0.6) is 0 Å². The predicted octanol–water partition coefficient (Wildman–Crippen LogP) is 2.18. The minimum atomic E-state index is -3.10. The summed E-state index contributed by atoms with van der Waals surface area (Å²) in [6, 6.07) is 6.95. The van der Waals surface area contributed by atoms with Gasteiger partial charge in [-0.25, -0.2) is 8.42 Å². The fourth-order valence-electron chi connectivity index (χ4n) is 2.14. The maximum Gasteiger partial charge on any atom is 0.178 e. The first-order chi connectivity index (χ1) is 8.81. The van der Waals surface area contributed by atoms with Crippen LogP contribution in [0.2, 0.25) is 0 Å². The van der Waals surface area contributed by atoms with Crippen LogP contribution in [0.3, 0.4) is 0 Å². The van der Waals surface area contributed by atoms with Crippen molar-refractivity contribution < 1.29 is 8.42 Å². The molecule has 2 rings (SSSR count). The van der Waals surface area contributed by atoms with Crippen LogP contribution in [-0.2, 0) is 9.84 Å². The van der Waals surface area contributed by atoms with Crippen molar-refractivity contribution in [2.24, 2.45) is 0 Å². The summed E-state index contributed by atoms with van der Waals surface area (Å²) >= 11 is 5.23. The Hall–Kier alpha value is -1.65. The lowest BCUT2D eigenvalue weighted by molar-refractivity contribution is 0.566. The van der Waals surface area contributed by atoms with Gasteiger partial charge in [-0.05, 0) is 37.3 Å². The number of sulfone groups is 1. The van der Waals surface area contributed by atoms with Crippen molar-refractivity contribution in [2.45, 2.75) is 13.0 Å². The van der Waals surface area contributed by atoms with Gasteiger partial charge in [0.2, 0.25) is 0 Å². The molecule has 0 radical (unpaired) electrons. The first-order valence-electron chi connectivity index (χ1n) is 5.64. The molecule has 1 heterocycles. The number of aromatic nitrogens is 2. The highest BCUT2D eigenvalue weighted by Gasteiger charge is 2.16. The number of imidazole rings is 1. The van der Waals surface area contributed by atoms with Crippen LogP contribution in [0.15, 0.2) is 18.2 Å². The zero-order valence-corrected chi connectivity index (χ0v) is 12.2. The van der Waals surface area contributed by atoms with Gasteiger partial charge < -0.3 is 9.55 Å². The topological polar surface area (TPSA) is 78.7 Å². The maximum absolute atomic E-state index is 11.4. The summed E-state index contributed by atoms with van der Waals surface area (Å²) < 4.78 is 25.0. The second-order valence-electron chi connectivity index (χ2n) is 4.59. The molecule has 1 aromatic heterocycles. The number of aromatic amines is 1. The quantitative estimate of drug-likeness (QED) is 0.880. The smallest absolute Gasteiger partial charge is 0.178 e. The van der Waals surface area contributed by atoms with Crippen molar-refractivity contribution in [3.8, 4) is 6.07 Å². The summed E-state index contributed by atoms with van der Waals surface area (Å²) in [6.45, 7) is 1.79. The summed E-state index contributed by atoms with van der Waals surface area (Å²) in [6.07, 6.45) is 1.20. The standard InChI is InChI=1S/C12H13N3O2S2/c1-8(7-19(2,16)17)15-11-5-9(6-13)3-4-10(11)14-12(15)18/h3-5,8H,7H2,1-2H3,(H,14,18). The molecule has 0 fully saturated rings. The third-order valence-corrected chi connectivity index (χ3v) is 4.22. The van der Waals surface area contributed by atoms with Crippen LogP contribution < -0.4 is 0 Å². The van der Waals surface area contributed by atoms with Crippen LogP contribution in [0, 0.1) is 16.1 Å². The molecule has 1 N–H and O–H groups in total. The fraction of sp³-hybridized carbons (Fsp3) is 0.333. The van der Waals surface area contributed by atoms with E-state index in [4.69, 9.17) is 17.5 Å². The van der Waals surface area contributed by atoms with Crippen LogP contribution in [-0.4, -0.2) is 30.0 Å². The summed E-state index contributed by atoms with van der Waals surface area (Å²) in [5.41, 5.74) is 2.06. The lowest BCUT2D eigenvalue weighted by Crippen LogP contribution is -2.16. The number of hydrogen-bond donors (Lipinski definition) is 1. The Bertz CT molecular complexity index is 825. The van der Waals surface area contributed by atoms with E-state index in [2.05, 4.69) is 11.1 Å². The molecule has 1 aromatic carbocycles. The van der Waals surface area contributed by atoms with E-state index in [1.807, 2.05) is 0 Å². The highest BCUT2D eigenvalue weighted by atomic mass is 32.2. The van der Waals surface area contributed by atoms with E-state index in [1.54, 1.807) is 29.7 Å². The summed E-state index contributed by atoms with van der Waals surface area (Å²) in [4.78, 5) is 3.02. The first kappa shape index (κ1) is 13.8. The Morgan fingerprint density at radius 1 is 1.53 bits per heavy atom. The van der Waals surface area contributed by atoms with Crippen LogP contribution in [0.4, 0.5) is 0 Å². The Morgan fingerprint density at radius 3 is 2.79 bits per heavy atom. The van der Waals surface area contributed by atoms with E-state index < -0.39 is 9.84 Å². The highest BCUT2D eigenvalue weighted by molar-refractivity contribution is 7.90. The number of hydrogen-bond acceptors (Lipinski definition) is 4. The monoisotopic (exact) mass is 295 g/mol. The SMILES string of the molecule is CC(CS(C)(=O)=O)n1c(=S)[nH]c2ccc(C#N)cc21. The maximum atomic E-state index is 11.4. The second kappa shape index (κ2) is 4.79. The first-order valence-corrected chi connectivity index (χ1v) is 8.11. The van der Waals surface area contributed by atoms with E-state index in [0.29, 0.717) is 10.3 Å². The van der Waals surface area contributed by atoms with Crippen molar-refractivity contribution >= 4 is 33.1 Å². The Balaban J connectivity index is 2.62. The second-order valence-corrected chi connectivity index (χ2v) is 7.16. The molecule has 0 aliphatic carbocycles. The van der Waals surface area contributed by atoms with Crippen LogP contribution >= 0.6 is 12.2 Å². The molecule has 0 aliphatic heterocycles. The van der Waals surface area contributed by atoms with E-state index in [9.17, 15) is 8.42 Å². The van der Waals surface area contributed by atoms with Gasteiger partial charge >= 0.3 is 0 Å². The molecule has 0 saturated carbocycles. The molecule has 2 aromatic rings. The number of nitriles is 1. The highest BCUT2D eigenvalue weighted by Crippen LogP contribution is 2.21. The zero-order chi connectivity index (χ0) is 14.2. The Morgan fingerprint density at radius 2 is 2.21 bits per heavy atom. The number of benzene rings is 1. The molecule has 1 unspecified atom stereocenters. The van der Waals surface area contributed by atoms with Crippen LogP contribution in [0.1, 0.15) is 18.5 Å². The largest absolute Gasteiger partial charge is 0.331 e. The van der Waals surface area contributed by atoms with Crippen molar-refractivity contribution in [1.29, 1.82) is 5.26 Å². The van der Waals surface area contributed by atoms with Gasteiger partial charge in [-0.3, -0.25) is 0 Å².